The highest BCUT2D eigenvalue weighted by atomic mass is 16.3. The fourth-order valence-corrected chi connectivity index (χ4v) is 3.26. The number of hydrogen-bond acceptors (Lipinski definition) is 3. The van der Waals surface area contributed by atoms with Crippen molar-refractivity contribution in [2.24, 2.45) is 11.8 Å². The van der Waals surface area contributed by atoms with Gasteiger partial charge in [-0.25, -0.2) is 0 Å². The Morgan fingerprint density at radius 1 is 1.19 bits per heavy atom. The predicted molar refractivity (Wildman–Crippen MR) is 80.5 cm³/mol. The summed E-state index contributed by atoms with van der Waals surface area (Å²) in [5.74, 6) is 0.247. The molecule has 2 aliphatic carbocycles. The van der Waals surface area contributed by atoms with Crippen LogP contribution in [0.5, 0.6) is 0 Å². The van der Waals surface area contributed by atoms with Gasteiger partial charge < -0.3 is 15.3 Å². The Labute approximate surface area is 127 Å². The van der Waals surface area contributed by atoms with E-state index in [1.165, 1.54) is 6.42 Å². The average Bonchev–Trinajstić information content (AvgIpc) is 3.27. The lowest BCUT2D eigenvalue weighted by atomic mass is 9.85. The minimum Gasteiger partial charge on any atom is -0.391 e. The molecule has 0 aromatic heterocycles. The number of nitrogens with zero attached hydrogens (tertiary/aromatic N) is 1. The maximum atomic E-state index is 12.7. The Hall–Kier alpha value is -1.10. The molecule has 0 bridgehead atoms. The van der Waals surface area contributed by atoms with Crippen LogP contribution in [-0.2, 0) is 9.59 Å². The molecule has 2 N–H and O–H groups in total. The van der Waals surface area contributed by atoms with Crippen molar-refractivity contribution < 1.29 is 14.7 Å². The normalized spacial score (nSPS) is 28.6. The molecule has 0 aliphatic heterocycles. The molecule has 0 heterocycles. The molecule has 120 valence electrons. The second kappa shape index (κ2) is 6.77. The zero-order valence-electron chi connectivity index (χ0n) is 13.3. The van der Waals surface area contributed by atoms with E-state index in [1.807, 2.05) is 0 Å². The van der Waals surface area contributed by atoms with Gasteiger partial charge in [-0.1, -0.05) is 19.8 Å². The smallest absolute Gasteiger partial charge is 0.247 e. The summed E-state index contributed by atoms with van der Waals surface area (Å²) in [6, 6.07) is -0.609. The third kappa shape index (κ3) is 3.96. The summed E-state index contributed by atoms with van der Waals surface area (Å²) in [5.41, 5.74) is 0. The average molecular weight is 296 g/mol. The first-order valence-electron chi connectivity index (χ1n) is 8.17. The monoisotopic (exact) mass is 296 g/mol. The van der Waals surface area contributed by atoms with E-state index in [1.54, 1.807) is 18.9 Å². The Kier molecular flexibility index (Phi) is 5.25. The zero-order chi connectivity index (χ0) is 15.6. The summed E-state index contributed by atoms with van der Waals surface area (Å²) in [6.45, 7) is 3.74. The summed E-state index contributed by atoms with van der Waals surface area (Å²) in [7, 11) is 1.80. The first kappa shape index (κ1) is 16.3. The van der Waals surface area contributed by atoms with Crippen molar-refractivity contribution in [3.8, 4) is 0 Å². The molecule has 4 unspecified atom stereocenters. The van der Waals surface area contributed by atoms with Gasteiger partial charge in [-0.15, -0.1) is 0 Å². The van der Waals surface area contributed by atoms with Crippen LogP contribution >= 0.6 is 0 Å². The number of nitrogens with one attached hydrogen (secondary N) is 1. The van der Waals surface area contributed by atoms with Gasteiger partial charge in [0.05, 0.1) is 6.10 Å². The molecule has 2 aliphatic rings. The summed E-state index contributed by atoms with van der Waals surface area (Å²) in [5, 5.41) is 12.6. The van der Waals surface area contributed by atoms with E-state index in [2.05, 4.69) is 12.2 Å². The SMILES string of the molecule is CC(O)C(NC(=O)C1CC1)C(=O)N(C)C1CCCCC1C. The second-order valence-corrected chi connectivity index (χ2v) is 6.78. The number of carbonyl (C=O) groups excluding carboxylic acids is 2. The molecule has 2 amide bonds. The number of aliphatic hydroxyl groups is 1. The maximum Gasteiger partial charge on any atom is 0.247 e. The highest BCUT2D eigenvalue weighted by Gasteiger charge is 2.37. The molecule has 0 aromatic rings. The Morgan fingerprint density at radius 3 is 2.33 bits per heavy atom. The molecular weight excluding hydrogens is 268 g/mol. The van der Waals surface area contributed by atoms with Gasteiger partial charge in [0.2, 0.25) is 11.8 Å². The van der Waals surface area contributed by atoms with Gasteiger partial charge in [0, 0.05) is 19.0 Å². The molecule has 2 fully saturated rings. The van der Waals surface area contributed by atoms with Gasteiger partial charge in [0.25, 0.3) is 0 Å². The molecule has 0 saturated heterocycles. The number of hydrogen-bond donors (Lipinski definition) is 2. The van der Waals surface area contributed by atoms with E-state index in [-0.39, 0.29) is 23.8 Å². The fourth-order valence-electron chi connectivity index (χ4n) is 3.26. The Morgan fingerprint density at radius 2 is 1.81 bits per heavy atom. The lowest BCUT2D eigenvalue weighted by Gasteiger charge is -2.38. The third-order valence-corrected chi connectivity index (χ3v) is 4.91. The minimum atomic E-state index is -0.874. The minimum absolute atomic E-state index is 0.0398. The summed E-state index contributed by atoms with van der Waals surface area (Å²) >= 11 is 0. The van der Waals surface area contributed by atoms with E-state index in [0.29, 0.717) is 5.92 Å². The zero-order valence-corrected chi connectivity index (χ0v) is 13.3. The van der Waals surface area contributed by atoms with Crippen LogP contribution in [0.1, 0.15) is 52.4 Å². The van der Waals surface area contributed by atoms with Crippen molar-refractivity contribution in [1.29, 1.82) is 0 Å². The maximum absolute atomic E-state index is 12.7. The molecule has 4 atom stereocenters. The highest BCUT2D eigenvalue weighted by Crippen LogP contribution is 2.30. The van der Waals surface area contributed by atoms with E-state index in [0.717, 1.165) is 32.1 Å². The lowest BCUT2D eigenvalue weighted by molar-refractivity contribution is -0.141. The Bertz CT molecular complexity index is 393. The van der Waals surface area contributed by atoms with E-state index < -0.39 is 12.1 Å². The molecular formula is C16H28N2O3. The van der Waals surface area contributed by atoms with Crippen molar-refractivity contribution in [3.05, 3.63) is 0 Å². The third-order valence-electron chi connectivity index (χ3n) is 4.91. The Balaban J connectivity index is 2.00. The molecule has 2 saturated carbocycles. The van der Waals surface area contributed by atoms with Crippen LogP contribution in [0.2, 0.25) is 0 Å². The van der Waals surface area contributed by atoms with E-state index in [9.17, 15) is 14.7 Å². The predicted octanol–water partition coefficient (Wildman–Crippen LogP) is 1.30. The van der Waals surface area contributed by atoms with Crippen LogP contribution < -0.4 is 5.32 Å². The molecule has 2 rings (SSSR count). The summed E-state index contributed by atoms with van der Waals surface area (Å²) in [6.07, 6.45) is 5.41. The first-order valence-corrected chi connectivity index (χ1v) is 8.17. The molecule has 0 aromatic carbocycles. The van der Waals surface area contributed by atoms with Gasteiger partial charge in [0.15, 0.2) is 0 Å². The van der Waals surface area contributed by atoms with Gasteiger partial charge >= 0.3 is 0 Å². The van der Waals surface area contributed by atoms with Crippen molar-refractivity contribution in [2.75, 3.05) is 7.05 Å². The van der Waals surface area contributed by atoms with Gasteiger partial charge in [-0.2, -0.15) is 0 Å². The standard InChI is InChI=1S/C16H28N2O3/c1-10-6-4-5-7-13(10)18(3)16(21)14(11(2)19)17-15(20)12-8-9-12/h10-14,19H,4-9H2,1-3H3,(H,17,20). The number of likely N-dealkylation sites (N-methyl/N-ethyl adjacent to an activating group) is 1. The molecule has 5 nitrogen and oxygen atoms in total. The van der Waals surface area contributed by atoms with Crippen molar-refractivity contribution in [2.45, 2.75) is 70.6 Å². The van der Waals surface area contributed by atoms with Crippen LogP contribution in [0.4, 0.5) is 0 Å². The van der Waals surface area contributed by atoms with Gasteiger partial charge in [0.1, 0.15) is 6.04 Å². The highest BCUT2D eigenvalue weighted by molar-refractivity contribution is 5.89. The second-order valence-electron chi connectivity index (χ2n) is 6.78. The van der Waals surface area contributed by atoms with Crippen molar-refractivity contribution >= 4 is 11.8 Å². The largest absolute Gasteiger partial charge is 0.391 e. The van der Waals surface area contributed by atoms with Crippen molar-refractivity contribution in [3.63, 3.8) is 0 Å². The topological polar surface area (TPSA) is 69.6 Å². The summed E-state index contributed by atoms with van der Waals surface area (Å²) < 4.78 is 0. The van der Waals surface area contributed by atoms with E-state index >= 15 is 0 Å². The van der Waals surface area contributed by atoms with Crippen LogP contribution in [0.15, 0.2) is 0 Å². The molecule has 21 heavy (non-hydrogen) atoms. The quantitative estimate of drug-likeness (QED) is 0.803. The van der Waals surface area contributed by atoms with Crippen LogP contribution in [0, 0.1) is 11.8 Å². The number of carbonyl (C=O) groups is 2. The van der Waals surface area contributed by atoms with E-state index in [4.69, 9.17) is 0 Å². The lowest BCUT2D eigenvalue weighted by Crippen LogP contribution is -2.56. The number of rotatable bonds is 5. The fraction of sp³-hybridized carbons (Fsp3) is 0.875. The molecule has 5 heteroatoms. The van der Waals surface area contributed by atoms with Crippen LogP contribution in [-0.4, -0.2) is 47.1 Å². The van der Waals surface area contributed by atoms with Gasteiger partial charge in [-0.3, -0.25) is 9.59 Å². The summed E-state index contributed by atoms with van der Waals surface area (Å²) in [4.78, 5) is 26.3. The van der Waals surface area contributed by atoms with Gasteiger partial charge in [-0.05, 0) is 38.5 Å². The van der Waals surface area contributed by atoms with Crippen molar-refractivity contribution in [1.82, 2.24) is 10.2 Å². The molecule has 0 radical (unpaired) electrons. The number of amides is 2. The molecule has 0 spiro atoms. The van der Waals surface area contributed by atoms with Crippen LogP contribution in [0.3, 0.4) is 0 Å². The van der Waals surface area contributed by atoms with Crippen LogP contribution in [0.25, 0.3) is 0 Å². The first-order chi connectivity index (χ1) is 9.91. The number of aliphatic hydroxyl groups excluding tert-OH is 1.